The Morgan fingerprint density at radius 1 is 1.21 bits per heavy atom. The Hall–Kier alpha value is -1.69. The van der Waals surface area contributed by atoms with Gasteiger partial charge in [-0.25, -0.2) is 9.97 Å². The van der Waals surface area contributed by atoms with Crippen molar-refractivity contribution in [3.8, 4) is 0 Å². The molecule has 4 rings (SSSR count). The molecule has 6 nitrogen and oxygen atoms in total. The van der Waals surface area contributed by atoms with Crippen LogP contribution in [0.25, 0.3) is 0 Å². The highest BCUT2D eigenvalue weighted by Gasteiger charge is 2.27. The zero-order valence-electron chi connectivity index (χ0n) is 14.2. The maximum Gasteiger partial charge on any atom is 0.225 e. The predicted molar refractivity (Wildman–Crippen MR) is 91.0 cm³/mol. The van der Waals surface area contributed by atoms with Gasteiger partial charge in [0, 0.05) is 36.9 Å². The van der Waals surface area contributed by atoms with Crippen molar-refractivity contribution in [2.24, 2.45) is 5.92 Å². The minimum atomic E-state index is 0.239. The zero-order valence-corrected chi connectivity index (χ0v) is 14.2. The number of aryl methyl sites for hydroxylation is 1. The minimum Gasteiger partial charge on any atom is -0.378 e. The highest BCUT2D eigenvalue weighted by Crippen LogP contribution is 2.26. The maximum absolute atomic E-state index is 12.3. The van der Waals surface area contributed by atoms with Crippen LogP contribution in [0.2, 0.25) is 0 Å². The Balaban J connectivity index is 1.39. The van der Waals surface area contributed by atoms with E-state index in [1.807, 2.05) is 6.20 Å². The fourth-order valence-electron chi connectivity index (χ4n) is 4.04. The van der Waals surface area contributed by atoms with Gasteiger partial charge in [-0.05, 0) is 37.7 Å². The van der Waals surface area contributed by atoms with Gasteiger partial charge in [0.1, 0.15) is 0 Å². The monoisotopic (exact) mass is 330 g/mol. The second kappa shape index (κ2) is 7.05. The lowest BCUT2D eigenvalue weighted by Crippen LogP contribution is -2.42. The van der Waals surface area contributed by atoms with E-state index < -0.39 is 0 Å². The zero-order chi connectivity index (χ0) is 16.4. The summed E-state index contributed by atoms with van der Waals surface area (Å²) in [6.45, 7) is 3.21. The molecule has 1 atom stereocenters. The number of nitrogens with one attached hydrogen (secondary N) is 1. The molecule has 6 heteroatoms. The molecule has 1 aliphatic heterocycles. The summed E-state index contributed by atoms with van der Waals surface area (Å²) in [5.74, 6) is 1.32. The van der Waals surface area contributed by atoms with Crippen LogP contribution >= 0.6 is 0 Å². The van der Waals surface area contributed by atoms with E-state index in [2.05, 4.69) is 15.2 Å². The second-order valence-electron chi connectivity index (χ2n) is 7.17. The van der Waals surface area contributed by atoms with Crippen LogP contribution in [0.5, 0.6) is 0 Å². The lowest BCUT2D eigenvalue weighted by molar-refractivity contribution is -0.125. The van der Waals surface area contributed by atoms with E-state index in [0.717, 1.165) is 70.0 Å². The molecule has 0 spiro atoms. The quantitative estimate of drug-likeness (QED) is 0.909. The number of hydrogen-bond donors (Lipinski definition) is 1. The molecule has 2 heterocycles. The maximum atomic E-state index is 12.3. The number of fused-ring (bicyclic) bond motifs is 1. The molecule has 1 aromatic heterocycles. The van der Waals surface area contributed by atoms with E-state index in [-0.39, 0.29) is 17.9 Å². The number of carbonyl (C=O) groups excluding carboxylic acids is 1. The van der Waals surface area contributed by atoms with Gasteiger partial charge < -0.3 is 15.0 Å². The van der Waals surface area contributed by atoms with Crippen molar-refractivity contribution in [3.05, 3.63) is 17.5 Å². The van der Waals surface area contributed by atoms with Crippen LogP contribution in [0, 0.1) is 5.92 Å². The Bertz CT molecular complexity index is 595. The van der Waals surface area contributed by atoms with Crippen LogP contribution < -0.4 is 10.2 Å². The van der Waals surface area contributed by atoms with Crippen molar-refractivity contribution in [3.63, 3.8) is 0 Å². The second-order valence-corrected chi connectivity index (χ2v) is 7.17. The molecule has 1 aromatic rings. The Labute approximate surface area is 143 Å². The number of ether oxygens (including phenoxy) is 1. The van der Waals surface area contributed by atoms with Gasteiger partial charge in [0.05, 0.1) is 13.2 Å². The summed E-state index contributed by atoms with van der Waals surface area (Å²) in [6, 6.07) is 0.239. The third kappa shape index (κ3) is 3.38. The summed E-state index contributed by atoms with van der Waals surface area (Å²) in [7, 11) is 0. The topological polar surface area (TPSA) is 67.4 Å². The van der Waals surface area contributed by atoms with E-state index in [1.54, 1.807) is 0 Å². The van der Waals surface area contributed by atoms with Gasteiger partial charge in [0.15, 0.2) is 0 Å². The van der Waals surface area contributed by atoms with Gasteiger partial charge in [-0.3, -0.25) is 4.79 Å². The van der Waals surface area contributed by atoms with Crippen molar-refractivity contribution < 1.29 is 9.53 Å². The van der Waals surface area contributed by atoms with Gasteiger partial charge in [0.25, 0.3) is 0 Å². The molecule has 1 saturated heterocycles. The molecule has 0 bridgehead atoms. The molecule has 130 valence electrons. The first-order valence-electron chi connectivity index (χ1n) is 9.27. The predicted octanol–water partition coefficient (Wildman–Crippen LogP) is 1.48. The van der Waals surface area contributed by atoms with Crippen LogP contribution in [0.4, 0.5) is 5.95 Å². The number of amides is 1. The van der Waals surface area contributed by atoms with E-state index >= 15 is 0 Å². The van der Waals surface area contributed by atoms with E-state index in [4.69, 9.17) is 9.72 Å². The van der Waals surface area contributed by atoms with E-state index in [9.17, 15) is 4.79 Å². The molecule has 2 aliphatic carbocycles. The summed E-state index contributed by atoms with van der Waals surface area (Å²) in [5.41, 5.74) is 2.34. The number of rotatable bonds is 3. The van der Waals surface area contributed by atoms with E-state index in [1.165, 1.54) is 18.4 Å². The first-order valence-corrected chi connectivity index (χ1v) is 9.27. The van der Waals surface area contributed by atoms with Crippen LogP contribution in [-0.4, -0.2) is 48.2 Å². The number of nitrogens with zero attached hydrogens (tertiary/aromatic N) is 3. The van der Waals surface area contributed by atoms with Gasteiger partial charge in [-0.15, -0.1) is 0 Å². The molecule has 0 aromatic carbocycles. The number of anilines is 1. The molecule has 1 saturated carbocycles. The molecule has 0 unspecified atom stereocenters. The minimum absolute atomic E-state index is 0.239. The Morgan fingerprint density at radius 2 is 2.00 bits per heavy atom. The van der Waals surface area contributed by atoms with Crippen molar-refractivity contribution in [2.75, 3.05) is 31.2 Å². The number of aromatic nitrogens is 2. The Kier molecular flexibility index (Phi) is 4.65. The van der Waals surface area contributed by atoms with Gasteiger partial charge in [0.2, 0.25) is 11.9 Å². The summed E-state index contributed by atoms with van der Waals surface area (Å²) in [5, 5.41) is 3.26. The van der Waals surface area contributed by atoms with Gasteiger partial charge in [-0.1, -0.05) is 12.8 Å². The molecule has 24 heavy (non-hydrogen) atoms. The largest absolute Gasteiger partial charge is 0.378 e. The summed E-state index contributed by atoms with van der Waals surface area (Å²) < 4.78 is 5.39. The molecule has 2 fully saturated rings. The van der Waals surface area contributed by atoms with Crippen LogP contribution in [0.15, 0.2) is 6.20 Å². The average Bonchev–Trinajstić information content (AvgIpc) is 3.17. The Morgan fingerprint density at radius 3 is 2.79 bits per heavy atom. The average molecular weight is 330 g/mol. The number of hydrogen-bond acceptors (Lipinski definition) is 5. The molecule has 1 amide bonds. The molecule has 3 aliphatic rings. The third-order valence-corrected chi connectivity index (χ3v) is 5.50. The van der Waals surface area contributed by atoms with Crippen LogP contribution in [0.1, 0.15) is 43.4 Å². The number of carbonyl (C=O) groups is 1. The smallest absolute Gasteiger partial charge is 0.225 e. The molecule has 1 N–H and O–H groups in total. The highest BCUT2D eigenvalue weighted by atomic mass is 16.5. The summed E-state index contributed by atoms with van der Waals surface area (Å²) in [6.07, 6.45) is 9.23. The summed E-state index contributed by atoms with van der Waals surface area (Å²) >= 11 is 0. The van der Waals surface area contributed by atoms with Gasteiger partial charge in [-0.2, -0.15) is 0 Å². The normalized spacial score (nSPS) is 24.7. The van der Waals surface area contributed by atoms with Crippen LogP contribution in [0.3, 0.4) is 0 Å². The fraction of sp³-hybridized carbons (Fsp3) is 0.722. The van der Waals surface area contributed by atoms with Crippen molar-refractivity contribution in [1.29, 1.82) is 0 Å². The molecular formula is C18H26N4O2. The van der Waals surface area contributed by atoms with Gasteiger partial charge >= 0.3 is 0 Å². The molecular weight excluding hydrogens is 304 g/mol. The van der Waals surface area contributed by atoms with Crippen molar-refractivity contribution >= 4 is 11.9 Å². The van der Waals surface area contributed by atoms with Crippen molar-refractivity contribution in [1.82, 2.24) is 15.3 Å². The SMILES string of the molecule is O=C(N[C@@H]1CCc2nc(N3CCOCC3)ncc2C1)C1CCCC1. The molecule has 0 radical (unpaired) electrons. The lowest BCUT2D eigenvalue weighted by Gasteiger charge is -2.29. The standard InChI is InChI=1S/C18H26N4O2/c23-17(13-3-1-2-4-13)20-15-5-6-16-14(11-15)12-19-18(21-16)22-7-9-24-10-8-22/h12-13,15H,1-11H2,(H,20,23)/t15-/m1/s1. The lowest BCUT2D eigenvalue weighted by atomic mass is 9.92. The third-order valence-electron chi connectivity index (χ3n) is 5.50. The van der Waals surface area contributed by atoms with Crippen LogP contribution in [-0.2, 0) is 22.4 Å². The first-order chi connectivity index (χ1) is 11.8. The van der Waals surface area contributed by atoms with Crippen molar-refractivity contribution in [2.45, 2.75) is 51.0 Å². The highest BCUT2D eigenvalue weighted by molar-refractivity contribution is 5.79. The fourth-order valence-corrected chi connectivity index (χ4v) is 4.04. The first kappa shape index (κ1) is 15.8. The summed E-state index contributed by atoms with van der Waals surface area (Å²) in [4.78, 5) is 23.8. The number of morpholine rings is 1. The van der Waals surface area contributed by atoms with E-state index in [0.29, 0.717) is 0 Å².